The third kappa shape index (κ3) is 9.17. The summed E-state index contributed by atoms with van der Waals surface area (Å²) in [5.74, 6) is 0.805. The molecule has 1 unspecified atom stereocenters. The normalized spacial score (nSPS) is 17.3. The Kier molecular flexibility index (Phi) is 13.3. The monoisotopic (exact) mass is 611 g/mol. The molecule has 3 heterocycles. The molecule has 0 saturated heterocycles. The number of thiophene rings is 1. The van der Waals surface area contributed by atoms with Crippen LogP contribution in [0.2, 0.25) is 0 Å². The number of carbonyl (C=O) groups excluding carboxylic acids is 1. The Labute approximate surface area is 259 Å². The Morgan fingerprint density at radius 1 is 1.28 bits per heavy atom. The second-order valence-corrected chi connectivity index (χ2v) is 11.3. The summed E-state index contributed by atoms with van der Waals surface area (Å²) in [4.78, 5) is 36.3. The van der Waals surface area contributed by atoms with E-state index in [4.69, 9.17) is 10.4 Å². The van der Waals surface area contributed by atoms with Gasteiger partial charge in [0.15, 0.2) is 5.96 Å². The lowest BCUT2D eigenvalue weighted by Gasteiger charge is -2.32. The largest absolute Gasteiger partial charge is 0.346 e. The van der Waals surface area contributed by atoms with Crippen LogP contribution in [0.5, 0.6) is 0 Å². The summed E-state index contributed by atoms with van der Waals surface area (Å²) in [6.07, 6.45) is 3.64. The van der Waals surface area contributed by atoms with Gasteiger partial charge in [-0.25, -0.2) is 9.38 Å². The average Bonchev–Trinajstić information content (AvgIpc) is 3.64. The molecule has 2 N–H and O–H groups in total. The third-order valence-corrected chi connectivity index (χ3v) is 8.11. The summed E-state index contributed by atoms with van der Waals surface area (Å²) in [6.45, 7) is 10.7. The first-order chi connectivity index (χ1) is 20.8. The van der Waals surface area contributed by atoms with Crippen LogP contribution >= 0.6 is 11.3 Å². The molecule has 2 aliphatic heterocycles. The van der Waals surface area contributed by atoms with E-state index in [1.54, 1.807) is 23.4 Å². The minimum absolute atomic E-state index is 0.0182. The summed E-state index contributed by atoms with van der Waals surface area (Å²) < 4.78 is 14.6. The molecule has 234 valence electrons. The zero-order valence-corrected chi connectivity index (χ0v) is 27.1. The maximum atomic E-state index is 14.6. The first-order valence-electron chi connectivity index (χ1n) is 14.9. The Hall–Kier alpha value is -3.64. The van der Waals surface area contributed by atoms with E-state index in [2.05, 4.69) is 27.1 Å². The Bertz CT molecular complexity index is 1310. The highest BCUT2D eigenvalue weighted by atomic mass is 32.1. The van der Waals surface area contributed by atoms with Crippen LogP contribution in [0.1, 0.15) is 51.0 Å². The molecular formula is C31H46FN9OS. The van der Waals surface area contributed by atoms with Crippen molar-refractivity contribution in [2.45, 2.75) is 53.1 Å². The number of aliphatic imine (C=N–C) groups is 3. The van der Waals surface area contributed by atoms with Crippen LogP contribution in [0, 0.1) is 11.2 Å². The summed E-state index contributed by atoms with van der Waals surface area (Å²) in [5.41, 5.74) is 1.85. The van der Waals surface area contributed by atoms with Crippen LogP contribution in [-0.2, 0) is 11.3 Å². The van der Waals surface area contributed by atoms with Crippen molar-refractivity contribution in [3.05, 3.63) is 52.0 Å². The topological polar surface area (TPSA) is 103 Å². The van der Waals surface area contributed by atoms with Gasteiger partial charge in [0.25, 0.3) is 0 Å². The van der Waals surface area contributed by atoms with Crippen molar-refractivity contribution in [3.8, 4) is 0 Å². The fraction of sp³-hybridized carbons (Fsp3) is 0.516. The molecule has 1 amide bonds. The lowest BCUT2D eigenvalue weighted by molar-refractivity contribution is -0.127. The highest BCUT2D eigenvalue weighted by Crippen LogP contribution is 2.21. The predicted octanol–water partition coefficient (Wildman–Crippen LogP) is 4.65. The summed E-state index contributed by atoms with van der Waals surface area (Å²) in [7, 11) is 3.94. The van der Waals surface area contributed by atoms with E-state index in [0.717, 1.165) is 24.9 Å². The number of rotatable bonds is 11. The molecule has 0 bridgehead atoms. The van der Waals surface area contributed by atoms with Crippen molar-refractivity contribution in [2.75, 3.05) is 53.5 Å². The van der Waals surface area contributed by atoms with E-state index in [1.165, 1.54) is 17.4 Å². The smallest absolute Gasteiger partial charge is 0.249 e. The number of halogens is 1. The maximum absolute atomic E-state index is 14.6. The Morgan fingerprint density at radius 3 is 2.74 bits per heavy atom. The molecule has 12 heteroatoms. The maximum Gasteiger partial charge on any atom is 0.249 e. The number of para-hydroxylation sites is 1. The Morgan fingerprint density at radius 2 is 2.05 bits per heavy atom. The van der Waals surface area contributed by atoms with Gasteiger partial charge in [-0.3, -0.25) is 19.7 Å². The molecule has 0 radical (unpaired) electrons. The molecule has 10 nitrogen and oxygen atoms in total. The zero-order chi connectivity index (χ0) is 31.4. The molecule has 0 spiro atoms. The number of hydrogen-bond acceptors (Lipinski definition) is 10. The van der Waals surface area contributed by atoms with Crippen LogP contribution in [0.4, 0.5) is 10.1 Å². The van der Waals surface area contributed by atoms with Gasteiger partial charge in [-0.2, -0.15) is 0 Å². The van der Waals surface area contributed by atoms with Gasteiger partial charge >= 0.3 is 0 Å². The van der Waals surface area contributed by atoms with Crippen LogP contribution < -0.4 is 5.32 Å². The molecule has 0 fully saturated rings. The second kappa shape index (κ2) is 16.9. The Balaban J connectivity index is 0.00000248. The van der Waals surface area contributed by atoms with E-state index >= 15 is 0 Å². The van der Waals surface area contributed by atoms with Gasteiger partial charge in [-0.05, 0) is 51.2 Å². The standard InChI is InChI=1S/C29H40FN9OS.C2H6/c1-21(32-3)8-7-14-36(4)28-35-20-37-15-12-34-29(37)39(16-13-33-25-10-6-5-9-23(25)22(2)31)27(40)19-38(28)18-26-24(30)11-17-41-26;1-2/h5-6,9-11,13,17,21,31-32H,7-8,12,14-16,18-20H2,1-4H3;1-2H3/b31-22?,33-13?,35-28-;. The van der Waals surface area contributed by atoms with Crippen molar-refractivity contribution < 1.29 is 9.18 Å². The van der Waals surface area contributed by atoms with Crippen molar-refractivity contribution in [1.29, 1.82) is 5.41 Å². The molecule has 0 saturated carbocycles. The van der Waals surface area contributed by atoms with E-state index in [1.807, 2.05) is 62.0 Å². The first-order valence-corrected chi connectivity index (χ1v) is 15.8. The highest BCUT2D eigenvalue weighted by Gasteiger charge is 2.32. The van der Waals surface area contributed by atoms with Gasteiger partial charge in [0.05, 0.1) is 30.2 Å². The van der Waals surface area contributed by atoms with E-state index in [-0.39, 0.29) is 31.4 Å². The first kappa shape index (κ1) is 33.9. The summed E-state index contributed by atoms with van der Waals surface area (Å²) in [6, 6.07) is 9.33. The van der Waals surface area contributed by atoms with Gasteiger partial charge in [-0.15, -0.1) is 11.3 Å². The molecule has 1 aromatic carbocycles. The number of guanidine groups is 2. The van der Waals surface area contributed by atoms with E-state index < -0.39 is 0 Å². The second-order valence-electron chi connectivity index (χ2n) is 10.3. The molecular weight excluding hydrogens is 565 g/mol. The number of nitrogens with one attached hydrogen (secondary N) is 2. The lowest BCUT2D eigenvalue weighted by Crippen LogP contribution is -2.50. The van der Waals surface area contributed by atoms with Gasteiger partial charge < -0.3 is 25.4 Å². The minimum Gasteiger partial charge on any atom is -0.346 e. The number of amides is 1. The number of benzene rings is 1. The van der Waals surface area contributed by atoms with Crippen LogP contribution in [-0.4, -0.2) is 109 Å². The molecule has 2 aromatic rings. The van der Waals surface area contributed by atoms with Crippen molar-refractivity contribution >= 4 is 46.8 Å². The average molecular weight is 612 g/mol. The molecule has 4 rings (SSSR count). The SMILES string of the molecule is CC.CNC(C)CCCN(C)/C1=N/CN2CCN=C2N(CC=Nc2ccccc2C(C)=N)C(=O)CN1Cc1sccc1F. The van der Waals surface area contributed by atoms with E-state index in [9.17, 15) is 9.18 Å². The fourth-order valence-corrected chi connectivity index (χ4v) is 5.59. The van der Waals surface area contributed by atoms with Crippen LogP contribution in [0.15, 0.2) is 50.7 Å². The van der Waals surface area contributed by atoms with Gasteiger partial charge in [-0.1, -0.05) is 32.0 Å². The number of nitrogens with zero attached hydrogens (tertiary/aromatic N) is 7. The van der Waals surface area contributed by atoms with Gasteiger partial charge in [0, 0.05) is 43.7 Å². The van der Waals surface area contributed by atoms with Crippen LogP contribution in [0.25, 0.3) is 0 Å². The van der Waals surface area contributed by atoms with Crippen molar-refractivity contribution in [1.82, 2.24) is 24.9 Å². The van der Waals surface area contributed by atoms with Crippen molar-refractivity contribution in [2.24, 2.45) is 15.0 Å². The molecule has 2 aliphatic rings. The summed E-state index contributed by atoms with van der Waals surface area (Å²) in [5, 5.41) is 13.0. The zero-order valence-electron chi connectivity index (χ0n) is 26.3. The fourth-order valence-electron chi connectivity index (χ4n) is 4.83. The molecule has 0 aliphatic carbocycles. The third-order valence-electron chi connectivity index (χ3n) is 7.23. The van der Waals surface area contributed by atoms with Crippen LogP contribution in [0.3, 0.4) is 0 Å². The summed E-state index contributed by atoms with van der Waals surface area (Å²) >= 11 is 1.34. The minimum atomic E-state index is -0.277. The highest BCUT2D eigenvalue weighted by molar-refractivity contribution is 7.09. The lowest BCUT2D eigenvalue weighted by atomic mass is 10.1. The van der Waals surface area contributed by atoms with Gasteiger partial charge in [0.1, 0.15) is 19.0 Å². The number of fused-ring (bicyclic) bond motifs is 1. The quantitative estimate of drug-likeness (QED) is 0.360. The van der Waals surface area contributed by atoms with Gasteiger partial charge in [0.2, 0.25) is 11.9 Å². The predicted molar refractivity (Wildman–Crippen MR) is 177 cm³/mol. The molecule has 1 aromatic heterocycles. The van der Waals surface area contributed by atoms with E-state index in [0.29, 0.717) is 54.0 Å². The number of hydrogen-bond donors (Lipinski definition) is 2. The molecule has 43 heavy (non-hydrogen) atoms. The van der Waals surface area contributed by atoms with Crippen molar-refractivity contribution in [3.63, 3.8) is 0 Å². The number of carbonyl (C=O) groups is 1. The molecule has 1 atom stereocenters.